The summed E-state index contributed by atoms with van der Waals surface area (Å²) < 4.78 is 43.0. The van der Waals surface area contributed by atoms with Crippen LogP contribution in [0.4, 0.5) is 18.0 Å². The van der Waals surface area contributed by atoms with Crippen LogP contribution in [0.25, 0.3) is 0 Å². The predicted molar refractivity (Wildman–Crippen MR) is 96.1 cm³/mol. The third-order valence-corrected chi connectivity index (χ3v) is 6.53. The number of aromatic nitrogens is 2. The second-order valence-electron chi connectivity index (χ2n) is 9.19. The minimum atomic E-state index is -4.47. The van der Waals surface area contributed by atoms with Gasteiger partial charge in [-0.15, -0.1) is 0 Å². The van der Waals surface area contributed by atoms with Crippen LogP contribution >= 0.6 is 0 Å². The van der Waals surface area contributed by atoms with Crippen LogP contribution in [0.2, 0.25) is 0 Å². The highest BCUT2D eigenvalue weighted by Crippen LogP contribution is 2.53. The predicted octanol–water partition coefficient (Wildman–Crippen LogP) is 1.07. The molecule has 8 nitrogen and oxygen atoms in total. The first kappa shape index (κ1) is 19.5. The number of halogens is 3. The molecule has 0 aromatic carbocycles. The number of nitrogens with one attached hydrogen (secondary N) is 1. The van der Waals surface area contributed by atoms with E-state index < -0.39 is 17.4 Å². The van der Waals surface area contributed by atoms with Gasteiger partial charge in [0.25, 0.3) is 0 Å². The van der Waals surface area contributed by atoms with Gasteiger partial charge in [0.2, 0.25) is 5.91 Å². The van der Waals surface area contributed by atoms with Crippen LogP contribution in [-0.4, -0.2) is 76.6 Å². The van der Waals surface area contributed by atoms with E-state index in [1.165, 1.54) is 6.20 Å². The van der Waals surface area contributed by atoms with Crippen molar-refractivity contribution in [3.8, 4) is 0 Å². The first-order valence-corrected chi connectivity index (χ1v) is 9.96. The molecule has 3 amide bonds. The van der Waals surface area contributed by atoms with E-state index in [2.05, 4.69) is 15.3 Å². The number of hydrogen-bond donors (Lipinski definition) is 1. The number of likely N-dealkylation sites (tertiary alicyclic amines) is 2. The quantitative estimate of drug-likeness (QED) is 0.766. The van der Waals surface area contributed by atoms with Gasteiger partial charge in [-0.2, -0.15) is 13.2 Å². The molecule has 5 rings (SSSR count). The maximum Gasteiger partial charge on any atom is 0.434 e. The standard InChI is InChI=1S/C19H22F3N5O3/c20-19(21,22)14-5-23-13(4-24-14)1-12-2-17(3-12)7-26(8-17)16(29)27-9-18(10-27)11-30-6-15(28)25-18/h4-5,12H,1-3,6-11H2,(H,25,28). The third-order valence-electron chi connectivity index (χ3n) is 6.53. The Kier molecular flexibility index (Phi) is 4.25. The zero-order valence-electron chi connectivity index (χ0n) is 16.2. The Morgan fingerprint density at radius 1 is 1.17 bits per heavy atom. The Labute approximate surface area is 170 Å². The first-order valence-electron chi connectivity index (χ1n) is 9.96. The topological polar surface area (TPSA) is 87.7 Å². The van der Waals surface area contributed by atoms with Crippen LogP contribution in [0.3, 0.4) is 0 Å². The summed E-state index contributed by atoms with van der Waals surface area (Å²) in [7, 11) is 0. The number of carbonyl (C=O) groups excluding carboxylic acids is 2. The molecule has 0 radical (unpaired) electrons. The number of urea groups is 1. The highest BCUT2D eigenvalue weighted by molar-refractivity contribution is 5.81. The minimum Gasteiger partial charge on any atom is -0.369 e. The molecule has 3 saturated heterocycles. The number of carbonyl (C=O) groups is 2. The van der Waals surface area contributed by atoms with E-state index in [1.54, 1.807) is 4.90 Å². The number of hydrogen-bond acceptors (Lipinski definition) is 5. The van der Waals surface area contributed by atoms with Crippen molar-refractivity contribution >= 4 is 11.9 Å². The van der Waals surface area contributed by atoms with Gasteiger partial charge in [0, 0.05) is 37.8 Å². The minimum absolute atomic E-state index is 0.0110. The Morgan fingerprint density at radius 2 is 1.87 bits per heavy atom. The van der Waals surface area contributed by atoms with Gasteiger partial charge in [0.05, 0.1) is 24.0 Å². The fourth-order valence-corrected chi connectivity index (χ4v) is 5.27. The largest absolute Gasteiger partial charge is 0.434 e. The van der Waals surface area contributed by atoms with Crippen LogP contribution in [0, 0.1) is 11.3 Å². The van der Waals surface area contributed by atoms with Crippen molar-refractivity contribution in [3.05, 3.63) is 23.8 Å². The van der Waals surface area contributed by atoms with E-state index in [1.807, 2.05) is 4.90 Å². The van der Waals surface area contributed by atoms with Crippen molar-refractivity contribution in [1.82, 2.24) is 25.1 Å². The number of ether oxygens (including phenoxy) is 1. The van der Waals surface area contributed by atoms with Gasteiger partial charge < -0.3 is 19.9 Å². The maximum atomic E-state index is 12.6. The van der Waals surface area contributed by atoms with Crippen molar-refractivity contribution in [2.45, 2.75) is 31.0 Å². The summed E-state index contributed by atoms with van der Waals surface area (Å²) in [6.45, 7) is 2.85. The molecular weight excluding hydrogens is 403 g/mol. The van der Waals surface area contributed by atoms with Gasteiger partial charge in [-0.05, 0) is 25.2 Å². The summed E-state index contributed by atoms with van der Waals surface area (Å²) in [6.07, 6.45) is 0.000509. The average molecular weight is 425 g/mol. The zero-order chi connectivity index (χ0) is 21.1. The van der Waals surface area contributed by atoms with Gasteiger partial charge in [-0.3, -0.25) is 9.78 Å². The van der Waals surface area contributed by atoms with Crippen molar-refractivity contribution in [1.29, 1.82) is 0 Å². The molecule has 1 saturated carbocycles. The SMILES string of the molecule is O=C1COCC2(CN(C(=O)N3CC4(CC(Cc5cnc(C(F)(F)F)cn5)C4)C3)C2)N1. The Bertz CT molecular complexity index is 855. The van der Waals surface area contributed by atoms with E-state index in [0.29, 0.717) is 50.8 Å². The Hall–Kier alpha value is -2.43. The second-order valence-corrected chi connectivity index (χ2v) is 9.19. The molecule has 4 heterocycles. The summed E-state index contributed by atoms with van der Waals surface area (Å²) in [5, 5.41) is 2.92. The van der Waals surface area contributed by atoms with Gasteiger partial charge in [0.1, 0.15) is 6.61 Å². The number of amides is 3. The molecule has 30 heavy (non-hydrogen) atoms. The third kappa shape index (κ3) is 3.38. The van der Waals surface area contributed by atoms with Gasteiger partial charge >= 0.3 is 12.2 Å². The summed E-state index contributed by atoms with van der Waals surface area (Å²) >= 11 is 0. The lowest BCUT2D eigenvalue weighted by Crippen LogP contribution is -2.78. The molecule has 11 heteroatoms. The summed E-state index contributed by atoms with van der Waals surface area (Å²) in [5.41, 5.74) is -0.711. The van der Waals surface area contributed by atoms with Crippen LogP contribution in [0.15, 0.2) is 12.4 Å². The van der Waals surface area contributed by atoms with Gasteiger partial charge in [-0.25, -0.2) is 9.78 Å². The Balaban J connectivity index is 1.06. The van der Waals surface area contributed by atoms with E-state index in [4.69, 9.17) is 4.74 Å². The van der Waals surface area contributed by atoms with E-state index >= 15 is 0 Å². The molecule has 0 atom stereocenters. The van der Waals surface area contributed by atoms with Crippen molar-refractivity contribution < 1.29 is 27.5 Å². The van der Waals surface area contributed by atoms with Gasteiger partial charge in [0.15, 0.2) is 5.69 Å². The lowest BCUT2D eigenvalue weighted by Gasteiger charge is -2.61. The molecule has 1 N–H and O–H groups in total. The molecule has 1 aliphatic carbocycles. The second kappa shape index (κ2) is 6.53. The first-order chi connectivity index (χ1) is 14.2. The van der Waals surface area contributed by atoms with E-state index in [9.17, 15) is 22.8 Å². The smallest absolute Gasteiger partial charge is 0.369 e. The number of morpholine rings is 1. The lowest BCUT2D eigenvalue weighted by molar-refractivity contribution is -0.143. The molecule has 2 spiro atoms. The number of rotatable bonds is 2. The van der Waals surface area contributed by atoms with Crippen LogP contribution < -0.4 is 5.32 Å². The summed E-state index contributed by atoms with van der Waals surface area (Å²) in [6, 6.07) is -0.0110. The fourth-order valence-electron chi connectivity index (χ4n) is 5.27. The molecule has 1 aromatic heterocycles. The van der Waals surface area contributed by atoms with Gasteiger partial charge in [-0.1, -0.05) is 0 Å². The monoisotopic (exact) mass is 425 g/mol. The molecule has 0 unspecified atom stereocenters. The normalized spacial score (nSPS) is 24.8. The highest BCUT2D eigenvalue weighted by Gasteiger charge is 2.56. The molecular formula is C19H22F3N5O3. The van der Waals surface area contributed by atoms with Crippen molar-refractivity contribution in [2.75, 3.05) is 39.4 Å². The van der Waals surface area contributed by atoms with Crippen molar-refractivity contribution in [2.24, 2.45) is 11.3 Å². The molecule has 162 valence electrons. The Morgan fingerprint density at radius 3 is 2.47 bits per heavy atom. The lowest BCUT2D eigenvalue weighted by atomic mass is 9.57. The van der Waals surface area contributed by atoms with Crippen LogP contribution in [-0.2, 0) is 22.1 Å². The maximum absolute atomic E-state index is 12.6. The molecule has 3 aliphatic heterocycles. The number of alkyl halides is 3. The van der Waals surface area contributed by atoms with Crippen LogP contribution in [0.1, 0.15) is 24.2 Å². The van der Waals surface area contributed by atoms with Crippen LogP contribution in [0.5, 0.6) is 0 Å². The van der Waals surface area contributed by atoms with E-state index in [0.717, 1.165) is 19.0 Å². The highest BCUT2D eigenvalue weighted by atomic mass is 19.4. The van der Waals surface area contributed by atoms with E-state index in [-0.39, 0.29) is 24.0 Å². The molecule has 1 aromatic rings. The molecule has 0 bridgehead atoms. The fraction of sp³-hybridized carbons (Fsp3) is 0.684. The average Bonchev–Trinajstić information content (AvgIpc) is 2.59. The summed E-state index contributed by atoms with van der Waals surface area (Å²) in [5.74, 6) is 0.213. The van der Waals surface area contributed by atoms with Crippen molar-refractivity contribution in [3.63, 3.8) is 0 Å². The number of nitrogens with zero attached hydrogens (tertiary/aromatic N) is 4. The zero-order valence-corrected chi connectivity index (χ0v) is 16.2. The summed E-state index contributed by atoms with van der Waals surface area (Å²) in [4.78, 5) is 35.0. The molecule has 4 aliphatic rings. The molecule has 4 fully saturated rings.